The minimum absolute atomic E-state index is 0.123. The number of ether oxygens (including phenoxy) is 1. The van der Waals surface area contributed by atoms with Crippen LogP contribution in [0.3, 0.4) is 0 Å². The molecule has 0 aliphatic carbocycles. The van der Waals surface area contributed by atoms with Crippen molar-refractivity contribution in [1.82, 2.24) is 19.8 Å². The molecule has 2 aromatic carbocycles. The highest BCUT2D eigenvalue weighted by Crippen LogP contribution is 2.42. The third-order valence-corrected chi connectivity index (χ3v) is 7.55. The van der Waals surface area contributed by atoms with Crippen LogP contribution in [0, 0.1) is 20.8 Å². The standard InChI is InChI=1S/C30H30N4O3S/c1-18-8-11-22(29(35)36)16-26(18)34-19(2)15-24(20(34)3)28-27(25-7-5-6-14-31-25)32-30(38)33(28)17-21-9-12-23(37-4)13-10-21/h5-16,27-28H,17H2,1-4H3,(H,32,38)(H,35,36)/t27-,28-/m0/s1. The van der Waals surface area contributed by atoms with E-state index in [2.05, 4.69) is 44.9 Å². The van der Waals surface area contributed by atoms with Crippen molar-refractivity contribution < 1.29 is 14.6 Å². The van der Waals surface area contributed by atoms with Gasteiger partial charge < -0.3 is 24.6 Å². The summed E-state index contributed by atoms with van der Waals surface area (Å²) >= 11 is 5.88. The molecular weight excluding hydrogens is 496 g/mol. The van der Waals surface area contributed by atoms with E-state index in [0.29, 0.717) is 11.7 Å². The number of aromatic carboxylic acids is 1. The lowest BCUT2D eigenvalue weighted by molar-refractivity contribution is 0.0697. The van der Waals surface area contributed by atoms with Crippen molar-refractivity contribution in [2.45, 2.75) is 39.4 Å². The predicted molar refractivity (Wildman–Crippen MR) is 151 cm³/mol. The van der Waals surface area contributed by atoms with Crippen molar-refractivity contribution in [2.75, 3.05) is 7.11 Å². The van der Waals surface area contributed by atoms with Gasteiger partial charge in [0.25, 0.3) is 0 Å². The van der Waals surface area contributed by atoms with Gasteiger partial charge in [0.1, 0.15) is 5.75 Å². The molecule has 2 aromatic heterocycles. The maximum atomic E-state index is 11.7. The van der Waals surface area contributed by atoms with E-state index in [1.54, 1.807) is 25.4 Å². The van der Waals surface area contributed by atoms with Crippen LogP contribution >= 0.6 is 12.2 Å². The molecule has 0 spiro atoms. The summed E-state index contributed by atoms with van der Waals surface area (Å²) in [6.45, 7) is 6.74. The third kappa shape index (κ3) is 4.63. The first kappa shape index (κ1) is 25.5. The molecule has 8 heteroatoms. The van der Waals surface area contributed by atoms with Gasteiger partial charge in [0.15, 0.2) is 5.11 Å². The summed E-state index contributed by atoms with van der Waals surface area (Å²) in [4.78, 5) is 18.6. The normalized spacial score (nSPS) is 16.9. The van der Waals surface area contributed by atoms with E-state index in [9.17, 15) is 9.90 Å². The molecule has 4 aromatic rings. The van der Waals surface area contributed by atoms with Crippen molar-refractivity contribution in [2.24, 2.45) is 0 Å². The van der Waals surface area contributed by atoms with Gasteiger partial charge in [0.05, 0.1) is 30.5 Å². The van der Waals surface area contributed by atoms with E-state index in [0.717, 1.165) is 45.2 Å². The van der Waals surface area contributed by atoms with Gasteiger partial charge in [-0.3, -0.25) is 4.98 Å². The molecule has 2 N–H and O–H groups in total. The molecule has 0 radical (unpaired) electrons. The number of hydrogen-bond acceptors (Lipinski definition) is 4. The predicted octanol–water partition coefficient (Wildman–Crippen LogP) is 5.68. The molecule has 1 fully saturated rings. The van der Waals surface area contributed by atoms with Crippen molar-refractivity contribution in [3.05, 3.63) is 112 Å². The molecule has 1 saturated heterocycles. The number of hydrogen-bond donors (Lipinski definition) is 2. The van der Waals surface area contributed by atoms with Crippen molar-refractivity contribution >= 4 is 23.3 Å². The van der Waals surface area contributed by atoms with Crippen LogP contribution < -0.4 is 10.1 Å². The molecule has 38 heavy (non-hydrogen) atoms. The molecule has 1 aliphatic rings. The second kappa shape index (κ2) is 10.3. The maximum absolute atomic E-state index is 11.7. The van der Waals surface area contributed by atoms with Crippen molar-refractivity contribution in [1.29, 1.82) is 0 Å². The Labute approximate surface area is 227 Å². The summed E-state index contributed by atoms with van der Waals surface area (Å²) in [5, 5.41) is 13.8. The van der Waals surface area contributed by atoms with Gasteiger partial charge in [-0.05, 0) is 92.1 Å². The van der Waals surface area contributed by atoms with Gasteiger partial charge in [-0.15, -0.1) is 0 Å². The third-order valence-electron chi connectivity index (χ3n) is 7.20. The monoisotopic (exact) mass is 526 g/mol. The second-order valence-corrected chi connectivity index (χ2v) is 9.96. The Hall–Kier alpha value is -4.17. The van der Waals surface area contributed by atoms with Crippen LogP contribution in [-0.2, 0) is 6.54 Å². The van der Waals surface area contributed by atoms with Gasteiger partial charge in [0, 0.05) is 29.8 Å². The van der Waals surface area contributed by atoms with Gasteiger partial charge in [0.2, 0.25) is 0 Å². The Morgan fingerprint density at radius 3 is 2.50 bits per heavy atom. The van der Waals surface area contributed by atoms with Gasteiger partial charge in [-0.1, -0.05) is 24.3 Å². The molecule has 0 bridgehead atoms. The number of nitrogens with one attached hydrogen (secondary N) is 1. The summed E-state index contributed by atoms with van der Waals surface area (Å²) < 4.78 is 7.47. The zero-order chi connectivity index (χ0) is 27.0. The lowest BCUT2D eigenvalue weighted by atomic mass is 9.96. The number of pyridine rings is 1. The largest absolute Gasteiger partial charge is 0.497 e. The zero-order valence-corrected chi connectivity index (χ0v) is 22.6. The van der Waals surface area contributed by atoms with Crippen LogP contribution in [0.5, 0.6) is 5.75 Å². The van der Waals surface area contributed by atoms with E-state index < -0.39 is 5.97 Å². The molecular formula is C30H30N4O3S. The zero-order valence-electron chi connectivity index (χ0n) is 21.8. The number of carbonyl (C=O) groups is 1. The Morgan fingerprint density at radius 2 is 1.84 bits per heavy atom. The summed E-state index contributed by atoms with van der Waals surface area (Å²) in [6.07, 6.45) is 1.80. The van der Waals surface area contributed by atoms with Crippen molar-refractivity contribution in [3.63, 3.8) is 0 Å². The van der Waals surface area contributed by atoms with Crippen LogP contribution in [0.15, 0.2) is 72.9 Å². The average Bonchev–Trinajstić information content (AvgIpc) is 3.39. The number of nitrogens with zero attached hydrogens (tertiary/aromatic N) is 3. The molecule has 3 heterocycles. The first-order valence-electron chi connectivity index (χ1n) is 12.4. The Morgan fingerprint density at radius 1 is 1.08 bits per heavy atom. The molecule has 0 amide bonds. The highest BCUT2D eigenvalue weighted by atomic mass is 32.1. The molecule has 1 aliphatic heterocycles. The summed E-state index contributed by atoms with van der Waals surface area (Å²) in [5.74, 6) is -0.138. The molecule has 0 saturated carbocycles. The molecule has 2 atom stereocenters. The van der Waals surface area contributed by atoms with E-state index >= 15 is 0 Å². The van der Waals surface area contributed by atoms with Gasteiger partial charge >= 0.3 is 5.97 Å². The minimum atomic E-state index is -0.944. The van der Waals surface area contributed by atoms with E-state index in [1.807, 2.05) is 50.2 Å². The number of carboxylic acids is 1. The Balaban J connectivity index is 1.62. The van der Waals surface area contributed by atoms with Crippen LogP contribution in [0.4, 0.5) is 0 Å². The Kier molecular flexibility index (Phi) is 6.91. The van der Waals surface area contributed by atoms with Crippen molar-refractivity contribution in [3.8, 4) is 11.4 Å². The highest BCUT2D eigenvalue weighted by molar-refractivity contribution is 7.80. The minimum Gasteiger partial charge on any atom is -0.497 e. The fraction of sp³-hybridized carbons (Fsp3) is 0.233. The molecule has 7 nitrogen and oxygen atoms in total. The highest BCUT2D eigenvalue weighted by Gasteiger charge is 2.41. The number of rotatable bonds is 7. The van der Waals surface area contributed by atoms with Crippen LogP contribution in [0.25, 0.3) is 5.69 Å². The van der Waals surface area contributed by atoms with E-state index in [1.165, 1.54) is 0 Å². The SMILES string of the molecule is COc1ccc(CN2C(=S)N[C@@H](c3ccccn3)[C@@H]2c2cc(C)n(-c3cc(C(=O)O)ccc3C)c2C)cc1. The van der Waals surface area contributed by atoms with Gasteiger partial charge in [-0.25, -0.2) is 4.79 Å². The van der Waals surface area contributed by atoms with Crippen LogP contribution in [0.2, 0.25) is 0 Å². The number of aryl methyl sites for hydroxylation is 2. The Bertz CT molecular complexity index is 1500. The number of methoxy groups -OCH3 is 1. The van der Waals surface area contributed by atoms with E-state index in [-0.39, 0.29) is 17.6 Å². The lowest BCUT2D eigenvalue weighted by Crippen LogP contribution is -2.29. The average molecular weight is 527 g/mol. The second-order valence-electron chi connectivity index (χ2n) is 9.57. The fourth-order valence-electron chi connectivity index (χ4n) is 5.28. The molecule has 5 rings (SSSR count). The number of aromatic nitrogens is 2. The quantitative estimate of drug-likeness (QED) is 0.300. The molecule has 0 unspecified atom stereocenters. The lowest BCUT2D eigenvalue weighted by Gasteiger charge is -2.28. The molecule has 194 valence electrons. The smallest absolute Gasteiger partial charge is 0.335 e. The number of benzene rings is 2. The number of thiocarbonyl (C=S) groups is 1. The summed E-state index contributed by atoms with van der Waals surface area (Å²) in [5.41, 5.74) is 7.30. The number of carboxylic acid groups (broad SMARTS) is 1. The summed E-state index contributed by atoms with van der Waals surface area (Å²) in [6, 6.07) is 21.1. The fourth-order valence-corrected chi connectivity index (χ4v) is 5.59. The van der Waals surface area contributed by atoms with E-state index in [4.69, 9.17) is 17.0 Å². The van der Waals surface area contributed by atoms with Gasteiger partial charge in [-0.2, -0.15) is 0 Å². The topological polar surface area (TPSA) is 79.6 Å². The first-order chi connectivity index (χ1) is 18.3. The summed E-state index contributed by atoms with van der Waals surface area (Å²) in [7, 11) is 1.66. The first-order valence-corrected chi connectivity index (χ1v) is 12.8. The maximum Gasteiger partial charge on any atom is 0.335 e. The van der Waals surface area contributed by atoms with Crippen LogP contribution in [0.1, 0.15) is 56.2 Å². The van der Waals surface area contributed by atoms with Crippen LogP contribution in [-0.4, -0.2) is 37.7 Å².